The number of nitrogens with two attached hydrogens (primary N) is 1. The quantitative estimate of drug-likeness (QED) is 0.291. The molecule has 246 valence electrons. The van der Waals surface area contributed by atoms with Crippen LogP contribution >= 0.6 is 0 Å². The molecule has 1 saturated heterocycles. The van der Waals surface area contributed by atoms with Crippen molar-refractivity contribution in [2.75, 3.05) is 27.2 Å². The molecule has 0 bridgehead atoms. The molecule has 8 heteroatoms. The molecule has 0 aromatic heterocycles. The Labute approximate surface area is 278 Å². The van der Waals surface area contributed by atoms with Gasteiger partial charge in [0.2, 0.25) is 17.7 Å². The van der Waals surface area contributed by atoms with Crippen molar-refractivity contribution < 1.29 is 19.5 Å². The normalized spacial score (nSPS) is 17.3. The van der Waals surface area contributed by atoms with Gasteiger partial charge >= 0.3 is 0 Å². The number of likely N-dealkylation sites (tertiary alicyclic amines) is 1. The van der Waals surface area contributed by atoms with Gasteiger partial charge in [-0.25, -0.2) is 0 Å². The molecular formula is C39H46N4O4. The fourth-order valence-corrected chi connectivity index (χ4v) is 6.33. The minimum atomic E-state index is -0.894. The maximum atomic E-state index is 14.5. The van der Waals surface area contributed by atoms with Gasteiger partial charge in [0.15, 0.2) is 0 Å². The molecule has 5 rings (SSSR count). The Morgan fingerprint density at radius 1 is 0.915 bits per heavy atom. The van der Waals surface area contributed by atoms with Crippen molar-refractivity contribution in [1.82, 2.24) is 14.7 Å². The number of carbonyl (C=O) groups excluding carboxylic acids is 3. The maximum absolute atomic E-state index is 14.5. The van der Waals surface area contributed by atoms with Gasteiger partial charge in [0.1, 0.15) is 12.1 Å². The molecule has 1 saturated carbocycles. The van der Waals surface area contributed by atoms with Crippen LogP contribution in [0.5, 0.6) is 0 Å². The molecule has 1 aliphatic carbocycles. The summed E-state index contributed by atoms with van der Waals surface area (Å²) in [5.41, 5.74) is 9.66. The summed E-state index contributed by atoms with van der Waals surface area (Å²) in [6.45, 7) is 0.863. The summed E-state index contributed by atoms with van der Waals surface area (Å²) in [5, 5.41) is 10.1. The summed E-state index contributed by atoms with van der Waals surface area (Å²) in [5.74, 6) is -0.805. The number of hydrogen-bond donors (Lipinski definition) is 2. The SMILES string of the molecule is CN(C(=O)[C@@H](Cc1c#cc(-c2ccccc2)cc1)N(C)C(=O)/C=C/CC1(N)CCC1)C(Cc1ccccc1)C(=O)N1CCC(O)CC1. The van der Waals surface area contributed by atoms with Crippen LogP contribution in [0.3, 0.4) is 0 Å². The lowest BCUT2D eigenvalue weighted by Crippen LogP contribution is -2.57. The molecule has 0 radical (unpaired) electrons. The third kappa shape index (κ3) is 8.68. The van der Waals surface area contributed by atoms with E-state index in [2.05, 4.69) is 12.1 Å². The van der Waals surface area contributed by atoms with Gasteiger partial charge in [-0.1, -0.05) is 78.9 Å². The smallest absolute Gasteiger partial charge is 0.246 e. The standard InChI is InChI=1S/C39H46N4O4/c1-41(36(45)15-9-22-39(40)23-10-24-39)34(28-30-16-18-32(19-17-30)31-13-7-4-8-14-31)37(46)42(2)35(27-29-11-5-3-6-12-29)38(47)43-25-20-33(44)21-26-43/h3-9,11-16,18,33-35,44H,10,20-28,40H2,1-2H3/b15-9+/t34-,35?/m1/s1. The van der Waals surface area contributed by atoms with Gasteiger partial charge < -0.3 is 25.5 Å². The van der Waals surface area contributed by atoms with Crippen LogP contribution < -0.4 is 5.73 Å². The molecule has 3 amide bonds. The third-order valence-electron chi connectivity index (χ3n) is 9.69. The molecule has 2 atom stereocenters. The Morgan fingerprint density at radius 2 is 1.57 bits per heavy atom. The Morgan fingerprint density at radius 3 is 2.17 bits per heavy atom. The first-order chi connectivity index (χ1) is 22.6. The highest BCUT2D eigenvalue weighted by Gasteiger charge is 2.37. The lowest BCUT2D eigenvalue weighted by Gasteiger charge is -2.38. The van der Waals surface area contributed by atoms with Crippen LogP contribution in [0.25, 0.3) is 11.1 Å². The second-order valence-electron chi connectivity index (χ2n) is 13.1. The molecule has 47 heavy (non-hydrogen) atoms. The highest BCUT2D eigenvalue weighted by atomic mass is 16.3. The first kappa shape index (κ1) is 33.9. The maximum Gasteiger partial charge on any atom is 0.246 e. The lowest BCUT2D eigenvalue weighted by molar-refractivity contribution is -0.150. The van der Waals surface area contributed by atoms with E-state index in [9.17, 15) is 19.5 Å². The number of piperidine rings is 1. The molecule has 8 nitrogen and oxygen atoms in total. The fraction of sp³-hybridized carbons (Fsp3) is 0.410. The zero-order valence-corrected chi connectivity index (χ0v) is 27.5. The number of hydrogen-bond acceptors (Lipinski definition) is 5. The minimum absolute atomic E-state index is 0.162. The predicted octanol–water partition coefficient (Wildman–Crippen LogP) is 4.20. The van der Waals surface area contributed by atoms with Crippen molar-refractivity contribution in [3.63, 3.8) is 0 Å². The average Bonchev–Trinajstić information content (AvgIpc) is 3.09. The minimum Gasteiger partial charge on any atom is -0.393 e. The first-order valence-electron chi connectivity index (χ1n) is 16.6. The zero-order chi connectivity index (χ0) is 33.4. The van der Waals surface area contributed by atoms with Crippen LogP contribution in [0.2, 0.25) is 0 Å². The van der Waals surface area contributed by atoms with Crippen LogP contribution in [0.1, 0.15) is 49.7 Å². The topological polar surface area (TPSA) is 107 Å². The van der Waals surface area contributed by atoms with Crippen LogP contribution in [-0.2, 0) is 27.2 Å². The largest absolute Gasteiger partial charge is 0.393 e. The van der Waals surface area contributed by atoms with E-state index in [-0.39, 0.29) is 29.7 Å². The van der Waals surface area contributed by atoms with Crippen molar-refractivity contribution >= 4 is 17.7 Å². The van der Waals surface area contributed by atoms with Crippen LogP contribution in [0.15, 0.2) is 84.9 Å². The van der Waals surface area contributed by atoms with Gasteiger partial charge in [-0.2, -0.15) is 0 Å². The summed E-state index contributed by atoms with van der Waals surface area (Å²) >= 11 is 0. The Balaban J connectivity index is 1.40. The molecule has 2 aliphatic rings. The molecular weight excluding hydrogens is 588 g/mol. The number of aliphatic hydroxyl groups excluding tert-OH is 1. The second kappa shape index (κ2) is 15.4. The number of nitrogens with zero attached hydrogens (tertiary/aromatic N) is 3. The molecule has 1 heterocycles. The zero-order valence-electron chi connectivity index (χ0n) is 27.5. The molecule has 3 aromatic carbocycles. The molecule has 0 spiro atoms. The average molecular weight is 635 g/mol. The van der Waals surface area contributed by atoms with E-state index in [4.69, 9.17) is 5.73 Å². The Hall–Kier alpha value is -4.45. The fourth-order valence-electron chi connectivity index (χ4n) is 6.33. The number of carbonyl (C=O) groups is 3. The highest BCUT2D eigenvalue weighted by molar-refractivity contribution is 5.95. The van der Waals surface area contributed by atoms with E-state index in [1.165, 1.54) is 15.9 Å². The first-order valence-corrected chi connectivity index (χ1v) is 16.6. The van der Waals surface area contributed by atoms with Gasteiger partial charge in [0, 0.05) is 56.7 Å². The number of likely N-dealkylation sites (N-methyl/N-ethyl adjacent to an activating group) is 2. The summed E-state index contributed by atoms with van der Waals surface area (Å²) in [6, 6.07) is 28.1. The molecule has 2 fully saturated rings. The van der Waals surface area contributed by atoms with Gasteiger partial charge in [-0.15, -0.1) is 0 Å². The Bertz CT molecular complexity index is 1510. The van der Waals surface area contributed by atoms with Crippen molar-refractivity contribution in [3.05, 3.63) is 108 Å². The van der Waals surface area contributed by atoms with E-state index in [1.807, 2.05) is 78.9 Å². The summed E-state index contributed by atoms with van der Waals surface area (Å²) in [7, 11) is 3.28. The van der Waals surface area contributed by atoms with Gasteiger partial charge in [-0.05, 0) is 67.9 Å². The summed E-state index contributed by atoms with van der Waals surface area (Å²) < 4.78 is 0. The molecule has 1 aliphatic heterocycles. The van der Waals surface area contributed by atoms with Gasteiger partial charge in [0.25, 0.3) is 0 Å². The third-order valence-corrected chi connectivity index (χ3v) is 9.69. The van der Waals surface area contributed by atoms with E-state index in [0.717, 1.165) is 41.5 Å². The lowest BCUT2D eigenvalue weighted by atomic mass is 9.75. The van der Waals surface area contributed by atoms with Gasteiger partial charge in [0.05, 0.1) is 6.10 Å². The van der Waals surface area contributed by atoms with Crippen LogP contribution in [0.4, 0.5) is 0 Å². The van der Waals surface area contributed by atoms with Crippen LogP contribution in [-0.4, -0.2) is 88.4 Å². The number of rotatable bonds is 12. The summed E-state index contributed by atoms with van der Waals surface area (Å²) in [4.78, 5) is 46.7. The highest BCUT2D eigenvalue weighted by Crippen LogP contribution is 2.32. The summed E-state index contributed by atoms with van der Waals surface area (Å²) in [6.07, 6.45) is 8.00. The van der Waals surface area contributed by atoms with Crippen molar-refractivity contribution in [2.45, 2.75) is 75.1 Å². The van der Waals surface area contributed by atoms with E-state index >= 15 is 0 Å². The van der Waals surface area contributed by atoms with Crippen molar-refractivity contribution in [1.29, 1.82) is 0 Å². The number of aliphatic hydroxyl groups is 1. The molecule has 3 N–H and O–H groups in total. The number of benzene rings is 2. The number of amides is 3. The Kier molecular flexibility index (Phi) is 11.1. The van der Waals surface area contributed by atoms with E-state index in [1.54, 1.807) is 19.0 Å². The van der Waals surface area contributed by atoms with Gasteiger partial charge in [-0.3, -0.25) is 14.4 Å². The van der Waals surface area contributed by atoms with E-state index < -0.39 is 18.2 Å². The second-order valence-corrected chi connectivity index (χ2v) is 13.1. The van der Waals surface area contributed by atoms with E-state index in [0.29, 0.717) is 38.8 Å². The van der Waals surface area contributed by atoms with Crippen molar-refractivity contribution in [2.24, 2.45) is 5.73 Å². The monoisotopic (exact) mass is 634 g/mol. The molecule has 1 unspecified atom stereocenters. The predicted molar refractivity (Wildman–Crippen MR) is 183 cm³/mol. The van der Waals surface area contributed by atoms with Crippen LogP contribution in [0, 0.1) is 12.1 Å². The molecule has 3 aromatic rings. The van der Waals surface area contributed by atoms with Crippen molar-refractivity contribution in [3.8, 4) is 11.1 Å².